The normalized spacial score (nSPS) is 20.2. The molecule has 17 heavy (non-hydrogen) atoms. The second kappa shape index (κ2) is 5.10. The van der Waals surface area contributed by atoms with Crippen LogP contribution in [-0.4, -0.2) is 43.1 Å². The highest BCUT2D eigenvalue weighted by atomic mass is 35.5. The second-order valence-corrected chi connectivity index (χ2v) is 5.25. The van der Waals surface area contributed by atoms with E-state index in [9.17, 15) is 0 Å². The zero-order chi connectivity index (χ0) is 12.4. The van der Waals surface area contributed by atoms with Gasteiger partial charge in [-0.1, -0.05) is 11.6 Å². The number of nitrogens with two attached hydrogens (primary N) is 1. The Morgan fingerprint density at radius 2 is 2.35 bits per heavy atom. The van der Waals surface area contributed by atoms with Gasteiger partial charge in [0.15, 0.2) is 5.82 Å². The third-order valence-corrected chi connectivity index (χ3v) is 3.29. The first kappa shape index (κ1) is 12.5. The number of pyridine rings is 1. The minimum Gasteiger partial charge on any atom is -0.396 e. The highest BCUT2D eigenvalue weighted by Gasteiger charge is 2.27. The molecule has 0 radical (unpaired) electrons. The summed E-state index contributed by atoms with van der Waals surface area (Å²) in [6, 6.07) is 2.27. The molecule has 1 saturated heterocycles. The van der Waals surface area contributed by atoms with Gasteiger partial charge in [-0.3, -0.25) is 0 Å². The SMILES string of the molecule is CN(C)CC1CCCN1c1ncc(Cl)cc1N. The molecule has 1 aromatic heterocycles. The summed E-state index contributed by atoms with van der Waals surface area (Å²) >= 11 is 5.88. The summed E-state index contributed by atoms with van der Waals surface area (Å²) < 4.78 is 0. The Labute approximate surface area is 107 Å². The number of hydrogen-bond donors (Lipinski definition) is 1. The summed E-state index contributed by atoms with van der Waals surface area (Å²) in [5.74, 6) is 0.874. The maximum Gasteiger partial charge on any atom is 0.152 e. The molecule has 2 N–H and O–H groups in total. The molecule has 0 saturated carbocycles. The van der Waals surface area contributed by atoms with Crippen LogP contribution in [0.5, 0.6) is 0 Å². The van der Waals surface area contributed by atoms with Crippen molar-refractivity contribution in [2.24, 2.45) is 0 Å². The summed E-state index contributed by atoms with van der Waals surface area (Å²) in [4.78, 5) is 8.87. The summed E-state index contributed by atoms with van der Waals surface area (Å²) in [6.45, 7) is 2.06. The Morgan fingerprint density at radius 3 is 3.00 bits per heavy atom. The second-order valence-electron chi connectivity index (χ2n) is 4.82. The third kappa shape index (κ3) is 2.82. The average molecular weight is 255 g/mol. The first-order valence-electron chi connectivity index (χ1n) is 5.90. The van der Waals surface area contributed by atoms with Crippen LogP contribution < -0.4 is 10.6 Å². The lowest BCUT2D eigenvalue weighted by molar-refractivity contribution is 0.371. The minimum absolute atomic E-state index is 0.501. The van der Waals surface area contributed by atoms with Crippen molar-refractivity contribution in [3.63, 3.8) is 0 Å². The van der Waals surface area contributed by atoms with Crippen LogP contribution in [0, 0.1) is 0 Å². The molecule has 1 aliphatic rings. The van der Waals surface area contributed by atoms with Crippen LogP contribution in [0.3, 0.4) is 0 Å². The largest absolute Gasteiger partial charge is 0.396 e. The van der Waals surface area contributed by atoms with Crippen LogP contribution in [0.15, 0.2) is 12.3 Å². The van der Waals surface area contributed by atoms with Crippen molar-refractivity contribution in [3.8, 4) is 0 Å². The van der Waals surface area contributed by atoms with Crippen LogP contribution in [0.1, 0.15) is 12.8 Å². The van der Waals surface area contributed by atoms with E-state index in [1.165, 1.54) is 12.8 Å². The first-order valence-corrected chi connectivity index (χ1v) is 6.28. The molecule has 0 aromatic carbocycles. The Morgan fingerprint density at radius 1 is 1.59 bits per heavy atom. The van der Waals surface area contributed by atoms with Gasteiger partial charge in [0, 0.05) is 25.3 Å². The van der Waals surface area contributed by atoms with E-state index < -0.39 is 0 Å². The molecule has 2 rings (SSSR count). The fourth-order valence-corrected chi connectivity index (χ4v) is 2.58. The van der Waals surface area contributed by atoms with Gasteiger partial charge in [-0.15, -0.1) is 0 Å². The topological polar surface area (TPSA) is 45.4 Å². The van der Waals surface area contributed by atoms with E-state index in [1.54, 1.807) is 12.3 Å². The molecule has 5 heteroatoms. The van der Waals surface area contributed by atoms with Gasteiger partial charge >= 0.3 is 0 Å². The molecule has 0 spiro atoms. The van der Waals surface area contributed by atoms with Gasteiger partial charge in [-0.25, -0.2) is 4.98 Å². The third-order valence-electron chi connectivity index (χ3n) is 3.09. The first-order chi connectivity index (χ1) is 8.08. The highest BCUT2D eigenvalue weighted by molar-refractivity contribution is 6.30. The Bertz CT molecular complexity index is 394. The van der Waals surface area contributed by atoms with E-state index in [2.05, 4.69) is 28.9 Å². The van der Waals surface area contributed by atoms with Crippen molar-refractivity contribution in [2.75, 3.05) is 37.8 Å². The number of aromatic nitrogens is 1. The molecule has 94 valence electrons. The summed E-state index contributed by atoms with van der Waals surface area (Å²) in [5, 5.41) is 0.592. The average Bonchev–Trinajstić information content (AvgIpc) is 2.65. The standard InChI is InChI=1S/C12H19ClN4/c1-16(2)8-10-4-3-5-17(10)12-11(14)6-9(13)7-15-12/h6-7,10H,3-5,8,14H2,1-2H3. The van der Waals surface area contributed by atoms with Gasteiger partial charge in [0.25, 0.3) is 0 Å². The number of likely N-dealkylation sites (N-methyl/N-ethyl adjacent to an activating group) is 1. The number of hydrogen-bond acceptors (Lipinski definition) is 4. The molecule has 1 aliphatic heterocycles. The predicted octanol–water partition coefficient (Wildman–Crippen LogP) is 1.85. The van der Waals surface area contributed by atoms with Gasteiger partial charge in [0.05, 0.1) is 10.7 Å². The molecular weight excluding hydrogens is 236 g/mol. The van der Waals surface area contributed by atoms with Crippen molar-refractivity contribution in [1.29, 1.82) is 0 Å². The Hall–Kier alpha value is -1.00. The minimum atomic E-state index is 0.501. The van der Waals surface area contributed by atoms with Gasteiger partial charge in [0.2, 0.25) is 0 Å². The fraction of sp³-hybridized carbons (Fsp3) is 0.583. The number of nitrogens with zero attached hydrogens (tertiary/aromatic N) is 3. The van der Waals surface area contributed by atoms with E-state index in [-0.39, 0.29) is 0 Å². The zero-order valence-corrected chi connectivity index (χ0v) is 11.1. The quantitative estimate of drug-likeness (QED) is 0.894. The Balaban J connectivity index is 2.20. The molecular formula is C12H19ClN4. The summed E-state index contributed by atoms with van der Waals surface area (Å²) in [5.41, 5.74) is 6.66. The zero-order valence-electron chi connectivity index (χ0n) is 10.4. The smallest absolute Gasteiger partial charge is 0.152 e. The number of halogens is 1. The monoisotopic (exact) mass is 254 g/mol. The van der Waals surface area contributed by atoms with Crippen LogP contribution in [0.25, 0.3) is 0 Å². The number of anilines is 2. The van der Waals surface area contributed by atoms with Gasteiger partial charge in [0.1, 0.15) is 0 Å². The summed E-state index contributed by atoms with van der Waals surface area (Å²) in [7, 11) is 4.18. The van der Waals surface area contributed by atoms with E-state index in [4.69, 9.17) is 17.3 Å². The van der Waals surface area contributed by atoms with Crippen LogP contribution >= 0.6 is 11.6 Å². The van der Waals surface area contributed by atoms with Crippen molar-refractivity contribution in [2.45, 2.75) is 18.9 Å². The van der Waals surface area contributed by atoms with Crippen molar-refractivity contribution in [1.82, 2.24) is 9.88 Å². The van der Waals surface area contributed by atoms with E-state index in [0.717, 1.165) is 18.9 Å². The number of nitrogen functional groups attached to an aromatic ring is 1. The maximum atomic E-state index is 5.99. The van der Waals surface area contributed by atoms with E-state index >= 15 is 0 Å². The van der Waals surface area contributed by atoms with Gasteiger partial charge in [-0.2, -0.15) is 0 Å². The molecule has 1 aromatic rings. The molecule has 0 bridgehead atoms. The molecule has 1 fully saturated rings. The van der Waals surface area contributed by atoms with Crippen molar-refractivity contribution < 1.29 is 0 Å². The fourth-order valence-electron chi connectivity index (χ4n) is 2.41. The predicted molar refractivity (Wildman–Crippen MR) is 72.6 cm³/mol. The summed E-state index contributed by atoms with van der Waals surface area (Å²) in [6.07, 6.45) is 4.06. The van der Waals surface area contributed by atoms with Crippen LogP contribution in [0.2, 0.25) is 5.02 Å². The van der Waals surface area contributed by atoms with Gasteiger partial charge in [-0.05, 0) is 33.0 Å². The van der Waals surface area contributed by atoms with E-state index in [1.807, 2.05) is 0 Å². The lowest BCUT2D eigenvalue weighted by Crippen LogP contribution is -2.38. The molecule has 4 nitrogen and oxygen atoms in total. The molecule has 2 heterocycles. The maximum absolute atomic E-state index is 5.99. The van der Waals surface area contributed by atoms with E-state index in [0.29, 0.717) is 16.8 Å². The molecule has 0 amide bonds. The lowest BCUT2D eigenvalue weighted by Gasteiger charge is -2.28. The van der Waals surface area contributed by atoms with Crippen LogP contribution in [0.4, 0.5) is 11.5 Å². The van der Waals surface area contributed by atoms with Crippen molar-refractivity contribution >= 4 is 23.1 Å². The van der Waals surface area contributed by atoms with Crippen molar-refractivity contribution in [3.05, 3.63) is 17.3 Å². The number of rotatable bonds is 3. The highest BCUT2D eigenvalue weighted by Crippen LogP contribution is 2.30. The molecule has 0 aliphatic carbocycles. The van der Waals surface area contributed by atoms with Crippen LogP contribution in [-0.2, 0) is 0 Å². The molecule has 1 unspecified atom stereocenters. The Kier molecular flexibility index (Phi) is 3.74. The lowest BCUT2D eigenvalue weighted by atomic mass is 10.2. The molecule has 1 atom stereocenters. The van der Waals surface area contributed by atoms with Gasteiger partial charge < -0.3 is 15.5 Å².